The van der Waals surface area contributed by atoms with E-state index >= 15 is 0 Å². The summed E-state index contributed by atoms with van der Waals surface area (Å²) in [7, 11) is 0. The van der Waals surface area contributed by atoms with Crippen molar-refractivity contribution in [2.75, 3.05) is 0 Å². The highest BCUT2D eigenvalue weighted by atomic mass is 16.6. The highest BCUT2D eigenvalue weighted by Crippen LogP contribution is 2.33. The zero-order valence-electron chi connectivity index (χ0n) is 9.76. The number of rotatable bonds is 2. The van der Waals surface area contributed by atoms with Gasteiger partial charge in [0.2, 0.25) is 0 Å². The number of nitro groups is 1. The number of nitrogens with zero attached hydrogens (tertiary/aromatic N) is 3. The van der Waals surface area contributed by atoms with E-state index in [0.717, 1.165) is 6.08 Å². The summed E-state index contributed by atoms with van der Waals surface area (Å²) >= 11 is 0. The molecule has 1 aromatic rings. The van der Waals surface area contributed by atoms with E-state index in [-0.39, 0.29) is 28.1 Å². The molecule has 0 aliphatic heterocycles. The Labute approximate surface area is 103 Å². The van der Waals surface area contributed by atoms with Gasteiger partial charge in [0.1, 0.15) is 23.5 Å². The Morgan fingerprint density at radius 1 is 1.44 bits per heavy atom. The number of nitro benzene ring substituents is 1. The van der Waals surface area contributed by atoms with Crippen molar-refractivity contribution in [2.24, 2.45) is 0 Å². The van der Waals surface area contributed by atoms with E-state index in [1.807, 2.05) is 0 Å². The van der Waals surface area contributed by atoms with Crippen LogP contribution in [0.4, 0.5) is 5.69 Å². The molecule has 0 amide bonds. The van der Waals surface area contributed by atoms with Gasteiger partial charge < -0.3 is 5.11 Å². The number of phenols is 1. The predicted octanol–water partition coefficient (Wildman–Crippen LogP) is 2.35. The number of allylic oxidation sites excluding steroid dienone is 1. The molecule has 0 saturated heterocycles. The van der Waals surface area contributed by atoms with E-state index in [1.54, 1.807) is 12.1 Å². The molecule has 0 atom stereocenters. The van der Waals surface area contributed by atoms with Crippen molar-refractivity contribution in [3.8, 4) is 17.9 Å². The molecular weight excluding hydrogens is 234 g/mol. The normalized spacial score (nSPS) is 9.11. The van der Waals surface area contributed by atoms with Crippen molar-refractivity contribution in [2.45, 2.75) is 13.8 Å². The van der Waals surface area contributed by atoms with Gasteiger partial charge in [-0.1, -0.05) is 0 Å². The summed E-state index contributed by atoms with van der Waals surface area (Å²) in [6, 6.07) is 4.53. The molecule has 1 rings (SSSR count). The van der Waals surface area contributed by atoms with Gasteiger partial charge >= 0.3 is 0 Å². The fraction of sp³-hybridized carbons (Fsp3) is 0.167. The second-order valence-electron chi connectivity index (χ2n) is 3.64. The van der Waals surface area contributed by atoms with Gasteiger partial charge in [-0.3, -0.25) is 10.1 Å². The number of phenolic OH excluding ortho intramolecular Hbond substituents is 1. The minimum absolute atomic E-state index is 0.125. The average Bonchev–Trinajstić information content (AvgIpc) is 2.34. The summed E-state index contributed by atoms with van der Waals surface area (Å²) in [5.41, 5.74) is 0.264. The topological polar surface area (TPSA) is 111 Å². The Bertz CT molecular complexity index is 617. The first-order valence-electron chi connectivity index (χ1n) is 4.91. The van der Waals surface area contributed by atoms with Crippen molar-refractivity contribution < 1.29 is 10.0 Å². The molecule has 1 N–H and O–H groups in total. The number of hydrogen-bond acceptors (Lipinski definition) is 5. The van der Waals surface area contributed by atoms with Crippen LogP contribution in [0.2, 0.25) is 0 Å². The van der Waals surface area contributed by atoms with E-state index in [9.17, 15) is 15.2 Å². The molecule has 0 spiro atoms. The van der Waals surface area contributed by atoms with Gasteiger partial charge in [-0.2, -0.15) is 10.5 Å². The van der Waals surface area contributed by atoms with Crippen molar-refractivity contribution in [3.05, 3.63) is 38.4 Å². The van der Waals surface area contributed by atoms with Crippen molar-refractivity contribution in [3.63, 3.8) is 0 Å². The predicted molar refractivity (Wildman–Crippen MR) is 63.4 cm³/mol. The molecule has 0 heterocycles. The molecule has 0 aromatic heterocycles. The highest BCUT2D eigenvalue weighted by Gasteiger charge is 2.19. The number of nitriles is 2. The van der Waals surface area contributed by atoms with Crippen LogP contribution in [0.25, 0.3) is 6.08 Å². The van der Waals surface area contributed by atoms with Crippen LogP contribution in [0, 0.1) is 46.6 Å². The number of aromatic hydroxyl groups is 1. The Morgan fingerprint density at radius 3 is 2.44 bits per heavy atom. The molecule has 0 fully saturated rings. The van der Waals surface area contributed by atoms with Gasteiger partial charge in [-0.05, 0) is 25.5 Å². The van der Waals surface area contributed by atoms with Crippen molar-refractivity contribution in [1.29, 1.82) is 10.5 Å². The lowest BCUT2D eigenvalue weighted by atomic mass is 10.00. The molecule has 1 aromatic carbocycles. The molecule has 0 aliphatic carbocycles. The van der Waals surface area contributed by atoms with Crippen LogP contribution in [0.3, 0.4) is 0 Å². The Morgan fingerprint density at radius 2 is 2.00 bits per heavy atom. The van der Waals surface area contributed by atoms with Crippen LogP contribution >= 0.6 is 0 Å². The summed E-state index contributed by atoms with van der Waals surface area (Å²) < 4.78 is 0. The van der Waals surface area contributed by atoms with E-state index in [2.05, 4.69) is 0 Å². The van der Waals surface area contributed by atoms with Gasteiger partial charge in [0.25, 0.3) is 5.69 Å². The van der Waals surface area contributed by atoms with E-state index < -0.39 is 4.92 Å². The average molecular weight is 243 g/mol. The maximum atomic E-state index is 10.8. The van der Waals surface area contributed by atoms with Crippen LogP contribution in [-0.2, 0) is 0 Å². The summed E-state index contributed by atoms with van der Waals surface area (Å²) in [5.74, 6) is -0.166. The molecule has 6 nitrogen and oxygen atoms in total. The van der Waals surface area contributed by atoms with Gasteiger partial charge in [-0.25, -0.2) is 0 Å². The SMILES string of the molecule is Cc1cc([N+](=O)[O-])c(C)c(C=C(C#N)C#N)c1O. The first-order chi connectivity index (χ1) is 8.42. The third kappa shape index (κ3) is 2.28. The minimum Gasteiger partial charge on any atom is -0.507 e. The molecule has 0 unspecified atom stereocenters. The van der Waals surface area contributed by atoms with Gasteiger partial charge in [0, 0.05) is 17.2 Å². The van der Waals surface area contributed by atoms with Crippen LogP contribution in [0.15, 0.2) is 11.6 Å². The van der Waals surface area contributed by atoms with Gasteiger partial charge in [0.15, 0.2) is 0 Å². The number of aryl methyl sites for hydroxylation is 1. The molecule has 0 bridgehead atoms. The molecular formula is C12H9N3O3. The quantitative estimate of drug-likeness (QED) is 0.486. The number of benzene rings is 1. The van der Waals surface area contributed by atoms with E-state index in [4.69, 9.17) is 10.5 Å². The lowest BCUT2D eigenvalue weighted by molar-refractivity contribution is -0.385. The Kier molecular flexibility index (Phi) is 3.65. The summed E-state index contributed by atoms with van der Waals surface area (Å²) in [5, 5.41) is 38.0. The Hall–Kier alpha value is -2.86. The Balaban J connectivity index is 3.65. The first kappa shape index (κ1) is 13.2. The monoisotopic (exact) mass is 243 g/mol. The zero-order valence-corrected chi connectivity index (χ0v) is 9.76. The zero-order chi connectivity index (χ0) is 13.9. The third-order valence-corrected chi connectivity index (χ3v) is 2.50. The van der Waals surface area contributed by atoms with Crippen LogP contribution < -0.4 is 0 Å². The largest absolute Gasteiger partial charge is 0.507 e. The summed E-state index contributed by atoms with van der Waals surface area (Å²) in [6.07, 6.45) is 1.14. The molecule has 90 valence electrons. The van der Waals surface area contributed by atoms with E-state index in [1.165, 1.54) is 19.9 Å². The fourth-order valence-corrected chi connectivity index (χ4v) is 1.51. The molecule has 0 radical (unpaired) electrons. The third-order valence-electron chi connectivity index (χ3n) is 2.50. The summed E-state index contributed by atoms with van der Waals surface area (Å²) in [4.78, 5) is 10.3. The second-order valence-corrected chi connectivity index (χ2v) is 3.64. The fourth-order valence-electron chi connectivity index (χ4n) is 1.51. The minimum atomic E-state index is -0.572. The second kappa shape index (κ2) is 4.98. The standard InChI is InChI=1S/C12H9N3O3/c1-7-3-11(15(17)18)8(2)10(12(7)16)4-9(5-13)6-14/h3-4,16H,1-2H3. The van der Waals surface area contributed by atoms with Gasteiger partial charge in [-0.15, -0.1) is 0 Å². The van der Waals surface area contributed by atoms with Gasteiger partial charge in [0.05, 0.1) is 4.92 Å². The number of hydrogen-bond donors (Lipinski definition) is 1. The maximum absolute atomic E-state index is 10.8. The van der Waals surface area contributed by atoms with Crippen molar-refractivity contribution in [1.82, 2.24) is 0 Å². The molecule has 18 heavy (non-hydrogen) atoms. The lowest BCUT2D eigenvalue weighted by Gasteiger charge is -2.07. The van der Waals surface area contributed by atoms with Crippen molar-refractivity contribution >= 4 is 11.8 Å². The smallest absolute Gasteiger partial charge is 0.273 e. The molecule has 0 saturated carbocycles. The van der Waals surface area contributed by atoms with Crippen LogP contribution in [0.5, 0.6) is 5.75 Å². The molecule has 0 aliphatic rings. The summed E-state index contributed by atoms with van der Waals surface area (Å²) in [6.45, 7) is 2.97. The first-order valence-corrected chi connectivity index (χ1v) is 4.91. The van der Waals surface area contributed by atoms with Crippen LogP contribution in [-0.4, -0.2) is 10.0 Å². The van der Waals surface area contributed by atoms with E-state index in [0.29, 0.717) is 5.56 Å². The highest BCUT2D eigenvalue weighted by molar-refractivity contribution is 5.73. The molecule has 6 heteroatoms. The lowest BCUT2D eigenvalue weighted by Crippen LogP contribution is -1.96. The van der Waals surface area contributed by atoms with Crippen LogP contribution in [0.1, 0.15) is 16.7 Å². The maximum Gasteiger partial charge on any atom is 0.273 e.